The van der Waals surface area contributed by atoms with Gasteiger partial charge >= 0.3 is 0 Å². The second-order valence-corrected chi connectivity index (χ2v) is 7.06. The lowest BCUT2D eigenvalue weighted by atomic mass is 10.0. The van der Waals surface area contributed by atoms with Gasteiger partial charge < -0.3 is 5.73 Å². The van der Waals surface area contributed by atoms with Crippen molar-refractivity contribution in [2.75, 3.05) is 5.75 Å². The molecule has 1 saturated carbocycles. The molecule has 2 unspecified atom stereocenters. The van der Waals surface area contributed by atoms with Gasteiger partial charge in [-0.3, -0.25) is 0 Å². The number of hydrogen-bond donors (Lipinski definition) is 1. The molecule has 0 aliphatic heterocycles. The molecule has 1 aromatic rings. The van der Waals surface area contributed by atoms with Crippen molar-refractivity contribution in [3.8, 4) is 0 Å². The summed E-state index contributed by atoms with van der Waals surface area (Å²) in [5, 5.41) is 0.464. The summed E-state index contributed by atoms with van der Waals surface area (Å²) in [6.45, 7) is 4.34. The Hall–Kier alpha value is -0.470. The zero-order chi connectivity index (χ0) is 13.7. The average Bonchev–Trinajstić information content (AvgIpc) is 2.93. The van der Waals surface area contributed by atoms with Gasteiger partial charge in [-0.05, 0) is 43.4 Å². The lowest BCUT2D eigenvalue weighted by Gasteiger charge is -2.24. The Labute approximate surface area is 122 Å². The minimum Gasteiger partial charge on any atom is -0.326 e. The van der Waals surface area contributed by atoms with Crippen LogP contribution in [0.2, 0.25) is 0 Å². The molecule has 0 saturated heterocycles. The van der Waals surface area contributed by atoms with Crippen LogP contribution in [0.5, 0.6) is 0 Å². The van der Waals surface area contributed by atoms with Crippen LogP contribution in [0.1, 0.15) is 55.4 Å². The highest BCUT2D eigenvalue weighted by Crippen LogP contribution is 2.37. The van der Waals surface area contributed by atoms with E-state index in [1.807, 2.05) is 0 Å². The van der Waals surface area contributed by atoms with Crippen LogP contribution < -0.4 is 5.73 Å². The van der Waals surface area contributed by atoms with E-state index in [2.05, 4.69) is 49.9 Å². The van der Waals surface area contributed by atoms with E-state index >= 15 is 0 Å². The first kappa shape index (κ1) is 14.9. The average molecular weight is 277 g/mol. The number of benzene rings is 1. The second-order valence-electron chi connectivity index (χ2n) is 5.89. The molecule has 19 heavy (non-hydrogen) atoms. The van der Waals surface area contributed by atoms with Crippen molar-refractivity contribution in [2.45, 2.75) is 57.2 Å². The van der Waals surface area contributed by atoms with Crippen molar-refractivity contribution in [2.24, 2.45) is 11.7 Å². The van der Waals surface area contributed by atoms with Crippen LogP contribution in [0, 0.1) is 12.8 Å². The van der Waals surface area contributed by atoms with Crippen LogP contribution in [-0.2, 0) is 0 Å². The largest absolute Gasteiger partial charge is 0.326 e. The predicted molar refractivity (Wildman–Crippen MR) is 86.6 cm³/mol. The first-order chi connectivity index (χ1) is 9.20. The summed E-state index contributed by atoms with van der Waals surface area (Å²) in [4.78, 5) is 0. The minimum absolute atomic E-state index is 0.272. The van der Waals surface area contributed by atoms with E-state index in [1.54, 1.807) is 0 Å². The fraction of sp³-hybridized carbons (Fsp3) is 0.647. The molecular formula is C17H27NS. The normalized spacial score (nSPS) is 19.5. The topological polar surface area (TPSA) is 26.0 Å². The molecule has 0 heterocycles. The van der Waals surface area contributed by atoms with Gasteiger partial charge in [0.15, 0.2) is 0 Å². The van der Waals surface area contributed by atoms with Gasteiger partial charge in [0.1, 0.15) is 0 Å². The van der Waals surface area contributed by atoms with Crippen LogP contribution in [0.25, 0.3) is 0 Å². The van der Waals surface area contributed by atoms with Gasteiger partial charge in [-0.2, -0.15) is 11.8 Å². The maximum atomic E-state index is 6.35. The van der Waals surface area contributed by atoms with Crippen LogP contribution in [0.3, 0.4) is 0 Å². The molecule has 0 spiro atoms. The first-order valence-electron chi connectivity index (χ1n) is 7.64. The molecule has 1 aliphatic carbocycles. The first-order valence-corrected chi connectivity index (χ1v) is 8.69. The fourth-order valence-electron chi connectivity index (χ4n) is 2.85. The third-order valence-electron chi connectivity index (χ3n) is 4.25. The monoisotopic (exact) mass is 277 g/mol. The highest BCUT2D eigenvalue weighted by molar-refractivity contribution is 7.99. The summed E-state index contributed by atoms with van der Waals surface area (Å²) in [6, 6.07) is 9.21. The molecule has 0 amide bonds. The van der Waals surface area contributed by atoms with Crippen LogP contribution >= 0.6 is 11.8 Å². The van der Waals surface area contributed by atoms with E-state index in [1.165, 1.54) is 42.6 Å². The molecule has 1 fully saturated rings. The number of hydrogen-bond acceptors (Lipinski definition) is 2. The number of rotatable bonds is 6. The third kappa shape index (κ3) is 4.25. The van der Waals surface area contributed by atoms with E-state index in [0.29, 0.717) is 5.25 Å². The highest BCUT2D eigenvalue weighted by atomic mass is 32.2. The van der Waals surface area contributed by atoms with Gasteiger partial charge in [-0.25, -0.2) is 0 Å². The molecule has 1 aliphatic rings. The van der Waals surface area contributed by atoms with Gasteiger partial charge in [0.2, 0.25) is 0 Å². The third-order valence-corrected chi connectivity index (χ3v) is 5.90. The second kappa shape index (κ2) is 7.35. The van der Waals surface area contributed by atoms with Gasteiger partial charge in [0, 0.05) is 11.3 Å². The number of thioether (sulfide) groups is 1. The molecule has 1 aromatic carbocycles. The molecule has 2 rings (SSSR count). The molecule has 0 aromatic heterocycles. The smallest absolute Gasteiger partial charge is 0.0448 e. The Balaban J connectivity index is 2.00. The molecule has 0 bridgehead atoms. The lowest BCUT2D eigenvalue weighted by Crippen LogP contribution is -2.26. The zero-order valence-electron chi connectivity index (χ0n) is 12.3. The van der Waals surface area contributed by atoms with E-state index in [4.69, 9.17) is 5.73 Å². The van der Waals surface area contributed by atoms with Crippen molar-refractivity contribution >= 4 is 11.8 Å². The molecule has 2 N–H and O–H groups in total. The van der Waals surface area contributed by atoms with E-state index in [-0.39, 0.29) is 6.04 Å². The summed E-state index contributed by atoms with van der Waals surface area (Å²) in [6.07, 6.45) is 6.76. The Morgan fingerprint density at radius 3 is 2.42 bits per heavy atom. The molecular weight excluding hydrogens is 250 g/mol. The minimum atomic E-state index is 0.272. The van der Waals surface area contributed by atoms with Crippen LogP contribution in [0.15, 0.2) is 24.3 Å². The molecule has 2 heteroatoms. The Kier molecular flexibility index (Phi) is 5.77. The SMILES string of the molecule is CCC(N)C(SCC1CCCC1)c1ccc(C)cc1. The Morgan fingerprint density at radius 1 is 1.21 bits per heavy atom. The van der Waals surface area contributed by atoms with Crippen molar-refractivity contribution in [1.82, 2.24) is 0 Å². The molecule has 1 nitrogen and oxygen atoms in total. The Bertz CT molecular complexity index is 367. The summed E-state index contributed by atoms with van der Waals surface area (Å²) < 4.78 is 0. The zero-order valence-corrected chi connectivity index (χ0v) is 13.1. The predicted octanol–water partition coefficient (Wildman–Crippen LogP) is 4.70. The molecule has 2 atom stereocenters. The van der Waals surface area contributed by atoms with Crippen molar-refractivity contribution in [3.63, 3.8) is 0 Å². The standard InChI is InChI=1S/C17H27NS/c1-3-16(18)17(15-10-8-13(2)9-11-15)19-12-14-6-4-5-7-14/h8-11,14,16-17H,3-7,12,18H2,1-2H3. The summed E-state index contributed by atoms with van der Waals surface area (Å²) in [5.74, 6) is 2.22. The van der Waals surface area contributed by atoms with Crippen molar-refractivity contribution in [3.05, 3.63) is 35.4 Å². The van der Waals surface area contributed by atoms with Gasteiger partial charge in [-0.1, -0.05) is 49.6 Å². The maximum Gasteiger partial charge on any atom is 0.0448 e. The molecule has 0 radical (unpaired) electrons. The Morgan fingerprint density at radius 2 is 1.84 bits per heavy atom. The fourth-order valence-corrected chi connectivity index (χ4v) is 4.46. The highest BCUT2D eigenvalue weighted by Gasteiger charge is 2.22. The van der Waals surface area contributed by atoms with E-state index in [0.717, 1.165) is 12.3 Å². The van der Waals surface area contributed by atoms with E-state index in [9.17, 15) is 0 Å². The molecule has 106 valence electrons. The van der Waals surface area contributed by atoms with Crippen LogP contribution in [0.4, 0.5) is 0 Å². The summed E-state index contributed by atoms with van der Waals surface area (Å²) in [5.41, 5.74) is 9.08. The van der Waals surface area contributed by atoms with Gasteiger partial charge in [0.05, 0.1) is 0 Å². The van der Waals surface area contributed by atoms with Crippen molar-refractivity contribution in [1.29, 1.82) is 0 Å². The maximum absolute atomic E-state index is 6.35. The van der Waals surface area contributed by atoms with Crippen LogP contribution in [-0.4, -0.2) is 11.8 Å². The van der Waals surface area contributed by atoms with Gasteiger partial charge in [-0.15, -0.1) is 0 Å². The van der Waals surface area contributed by atoms with Gasteiger partial charge in [0.25, 0.3) is 0 Å². The number of aryl methyl sites for hydroxylation is 1. The summed E-state index contributed by atoms with van der Waals surface area (Å²) in [7, 11) is 0. The quantitative estimate of drug-likeness (QED) is 0.816. The number of nitrogens with two attached hydrogens (primary N) is 1. The van der Waals surface area contributed by atoms with E-state index < -0.39 is 0 Å². The van der Waals surface area contributed by atoms with Crippen molar-refractivity contribution < 1.29 is 0 Å². The lowest BCUT2D eigenvalue weighted by molar-refractivity contribution is 0.607. The summed E-state index contributed by atoms with van der Waals surface area (Å²) >= 11 is 2.09.